The summed E-state index contributed by atoms with van der Waals surface area (Å²) in [5.74, 6) is 3.55. The van der Waals surface area contributed by atoms with Gasteiger partial charge >= 0.3 is 0 Å². The van der Waals surface area contributed by atoms with Crippen LogP contribution in [0.4, 0.5) is 34.1 Å². The molecule has 10 atom stereocenters. The Hall–Kier alpha value is -9.09. The number of rotatable bonds is 0. The second-order valence-corrected chi connectivity index (χ2v) is 33.7. The summed E-state index contributed by atoms with van der Waals surface area (Å²) >= 11 is 0. The Kier molecular flexibility index (Phi) is 16.2. The number of fused-ring (bicyclic) bond motifs is 25. The highest BCUT2D eigenvalue weighted by Gasteiger charge is 2.58. The van der Waals surface area contributed by atoms with Gasteiger partial charge in [0.25, 0.3) is 0 Å². The molecule has 10 unspecified atom stereocenters. The maximum absolute atomic E-state index is 12.5. The van der Waals surface area contributed by atoms with Gasteiger partial charge in [0.1, 0.15) is 22.1 Å². The molecule has 11 N–H and O–H groups in total. The first-order chi connectivity index (χ1) is 51.5. The summed E-state index contributed by atoms with van der Waals surface area (Å²) < 4.78 is 0. The third-order valence-electron chi connectivity index (χ3n) is 29.4. The monoisotopic (exact) mass is 1410 g/mol. The summed E-state index contributed by atoms with van der Waals surface area (Å²) in [6.45, 7) is 40.6. The van der Waals surface area contributed by atoms with Crippen LogP contribution < -0.4 is 49.2 Å². The lowest BCUT2D eigenvalue weighted by Crippen LogP contribution is -2.26. The van der Waals surface area contributed by atoms with E-state index in [-0.39, 0.29) is 11.3 Å². The Balaban J connectivity index is 0.0000000922. The van der Waals surface area contributed by atoms with Crippen molar-refractivity contribution in [1.82, 2.24) is 47.4 Å². The average Bonchev–Trinajstić information content (AvgIpc) is 1.58. The normalized spacial score (nSPS) is 30.4. The van der Waals surface area contributed by atoms with Crippen LogP contribution in [0.5, 0.6) is 0 Å². The van der Waals surface area contributed by atoms with Gasteiger partial charge in [-0.3, -0.25) is 4.79 Å². The predicted octanol–water partition coefficient (Wildman–Crippen LogP) is 20.3. The average molecular weight is 1410 g/mol. The Morgan fingerprint density at radius 2 is 0.594 bits per heavy atom. The van der Waals surface area contributed by atoms with Crippen molar-refractivity contribution in [3.05, 3.63) is 193 Å². The second kappa shape index (κ2) is 25.0. The molecule has 0 saturated heterocycles. The van der Waals surface area contributed by atoms with Crippen LogP contribution in [0.3, 0.4) is 0 Å². The first-order valence-corrected chi connectivity index (χ1v) is 40.3. The number of H-pyrrole nitrogens is 2. The molecule has 16 nitrogen and oxygen atoms in total. The molecule has 10 bridgehead atoms. The number of nitrogens with zero attached hydrogens (tertiary/aromatic N) is 4. The van der Waals surface area contributed by atoms with Crippen molar-refractivity contribution in [2.24, 2.45) is 56.7 Å². The summed E-state index contributed by atoms with van der Waals surface area (Å²) in [5.41, 5.74) is 75.6. The minimum Gasteiger partial charge on any atom is -0.302 e. The van der Waals surface area contributed by atoms with Crippen molar-refractivity contribution in [3.8, 4) is 0 Å². The van der Waals surface area contributed by atoms with Crippen molar-refractivity contribution < 1.29 is 4.79 Å². The Morgan fingerprint density at radius 1 is 0.330 bits per heavy atom. The quantitative estimate of drug-likeness (QED) is 0.0683. The number of hydrogen-bond acceptors (Lipinski definition) is 14. The zero-order chi connectivity index (χ0) is 73.4. The van der Waals surface area contributed by atoms with Gasteiger partial charge < -0.3 is 32.6 Å². The molecule has 5 heterocycles. The molecular formula is C90H107N15O. The van der Waals surface area contributed by atoms with E-state index in [2.05, 4.69) is 195 Å². The smallest absolute Gasteiger partial charge is 0.161 e. The number of Topliss-reactive ketones (excluding diaryl/α,β-unsaturated/α-hetero) is 1. The number of aromatic amines is 2. The molecule has 25 rings (SSSR count). The van der Waals surface area contributed by atoms with Crippen molar-refractivity contribution >= 4 is 89.8 Å². The molecular weight excluding hydrogens is 1310 g/mol. The van der Waals surface area contributed by atoms with Crippen LogP contribution in [-0.4, -0.2) is 36.6 Å². The van der Waals surface area contributed by atoms with E-state index >= 15 is 0 Å². The Bertz CT molecular complexity index is 4790. The van der Waals surface area contributed by atoms with Gasteiger partial charge in [0.2, 0.25) is 0 Å². The highest BCUT2D eigenvalue weighted by molar-refractivity contribution is 6.09. The second-order valence-electron chi connectivity index (χ2n) is 33.7. The van der Waals surface area contributed by atoms with Crippen molar-refractivity contribution in [2.75, 3.05) is 32.6 Å². The first-order valence-electron chi connectivity index (χ1n) is 40.3. The van der Waals surface area contributed by atoms with E-state index in [9.17, 15) is 4.79 Å². The van der Waals surface area contributed by atoms with Gasteiger partial charge in [-0.2, -0.15) is 30.8 Å². The van der Waals surface area contributed by atoms with E-state index in [1.165, 1.54) is 231 Å². The molecule has 0 radical (unpaired) electrons. The molecule has 5 spiro atoms. The van der Waals surface area contributed by atoms with Gasteiger partial charge in [0.15, 0.2) is 5.78 Å². The number of aromatic nitrogens is 6. The van der Waals surface area contributed by atoms with Crippen LogP contribution in [-0.2, 0) is 36.9 Å². The number of carbonyl (C=O) groups excluding carboxylic acids is 1. The Labute approximate surface area is 625 Å². The predicted molar refractivity (Wildman–Crippen MR) is 434 cm³/mol. The lowest BCUT2D eigenvalue weighted by molar-refractivity contribution is -0.119. The summed E-state index contributed by atoms with van der Waals surface area (Å²) in [6, 6.07) is 22.0. The molecule has 5 fully saturated rings. The van der Waals surface area contributed by atoms with Crippen LogP contribution in [0.25, 0.3) is 49.9 Å². The van der Waals surface area contributed by atoms with Gasteiger partial charge in [-0.15, -0.1) is 16.6 Å². The molecule has 5 aromatic carbocycles. The maximum atomic E-state index is 12.5. The zero-order valence-corrected chi connectivity index (χ0v) is 64.3. The number of carbonyl (C=O) groups is 1. The third kappa shape index (κ3) is 9.56. The SMILES string of the molecule is C=C1C(C)=C2c3ccc4c(c3CC23CCC1C3)NNN4.C=C1C(C)=C2c3ccc4c(c3CC23CCC1C3)NNN4.C=C1C(C)=C2c3ccc4n[nH]nc4c3CC23CCC1C3.C=C1C(C)=C2c3ccc4n[nH]nc4c3CC23CCC1C3.CC.CC.CC.CC1=C2c3ccc4c(c3CC23CCC(C3)C1=O)NNN4. The van der Waals surface area contributed by atoms with E-state index in [0.717, 1.165) is 77.3 Å². The first kappa shape index (κ1) is 68.7. The van der Waals surface area contributed by atoms with Crippen molar-refractivity contribution in [1.29, 1.82) is 0 Å². The number of allylic oxidation sites excluding steroid dienone is 14. The lowest BCUT2D eigenvalue weighted by atomic mass is 9.70. The van der Waals surface area contributed by atoms with Gasteiger partial charge in [0.05, 0.1) is 34.1 Å². The minimum atomic E-state index is 0.240. The molecule has 548 valence electrons. The zero-order valence-electron chi connectivity index (χ0n) is 64.3. The molecule has 15 aliphatic carbocycles. The fraction of sp³-hybridized carbons (Fsp3) is 0.456. The standard InChI is InChI=1S/2C17H19N3.2C17H17N3.C16H17N3O.3C2H6/c4*1-9-10(2)15-12-3-4-14-16(19-20-18-14)13(12)8-17(15)6-5-11(9)7-17;1-8-13-10-2-3-12-14(18-19-17-12)11(10)7-16(13)5-4-9(6-16)15(8)20;3*1-2/h2*3-4,11,18-20H,1,5-8H2,2H3;2*3-4,11H,1,5-8H2,2H3,(H,18,19,20);2-3,9,17-19H,4-7H2,1H3;3*1-2H3. The molecule has 106 heavy (non-hydrogen) atoms. The summed E-state index contributed by atoms with van der Waals surface area (Å²) in [4.78, 5) is 12.5. The molecule has 18 aliphatic rings. The van der Waals surface area contributed by atoms with E-state index in [0.29, 0.717) is 39.3 Å². The molecule has 0 amide bonds. The lowest BCUT2D eigenvalue weighted by Gasteiger charge is -2.33. The molecule has 7 aromatic rings. The van der Waals surface area contributed by atoms with E-state index < -0.39 is 0 Å². The number of nitrogens with one attached hydrogen (secondary N) is 11. The van der Waals surface area contributed by atoms with E-state index in [1.54, 1.807) is 22.3 Å². The minimum absolute atomic E-state index is 0.240. The fourth-order valence-corrected chi connectivity index (χ4v) is 25.0. The van der Waals surface area contributed by atoms with Crippen molar-refractivity contribution in [3.63, 3.8) is 0 Å². The molecule has 16 heteroatoms. The summed E-state index contributed by atoms with van der Waals surface area (Å²) in [7, 11) is 0. The van der Waals surface area contributed by atoms with Gasteiger partial charge in [0, 0.05) is 33.0 Å². The van der Waals surface area contributed by atoms with E-state index in [1.807, 2.05) is 48.5 Å². The molecule has 2 aromatic heterocycles. The highest BCUT2D eigenvalue weighted by Crippen LogP contribution is 2.70. The number of benzene rings is 5. The van der Waals surface area contributed by atoms with Crippen LogP contribution in [0.15, 0.2) is 137 Å². The van der Waals surface area contributed by atoms with Crippen LogP contribution in [0, 0.1) is 56.7 Å². The van der Waals surface area contributed by atoms with Crippen molar-refractivity contribution in [2.45, 2.75) is 205 Å². The number of anilines is 6. The van der Waals surface area contributed by atoms with Crippen LogP contribution >= 0.6 is 0 Å². The van der Waals surface area contributed by atoms with Gasteiger partial charge in [-0.25, -0.2) is 0 Å². The number of hydrogen-bond donors (Lipinski definition) is 11. The third-order valence-corrected chi connectivity index (χ3v) is 29.4. The Morgan fingerprint density at radius 3 is 0.915 bits per heavy atom. The van der Waals surface area contributed by atoms with Gasteiger partial charge in [-0.1, -0.05) is 98.2 Å². The number of hydrazine groups is 6. The molecule has 5 saturated carbocycles. The summed E-state index contributed by atoms with van der Waals surface area (Å²) in [6.07, 6.45) is 24.7. The van der Waals surface area contributed by atoms with Crippen LogP contribution in [0.1, 0.15) is 228 Å². The van der Waals surface area contributed by atoms with Gasteiger partial charge in [-0.05, 0) is 351 Å². The largest absolute Gasteiger partial charge is 0.302 e. The van der Waals surface area contributed by atoms with Crippen LogP contribution in [0.2, 0.25) is 0 Å². The maximum Gasteiger partial charge on any atom is 0.161 e. The highest BCUT2D eigenvalue weighted by atomic mass is 16.1. The number of ketones is 1. The molecule has 3 aliphatic heterocycles. The summed E-state index contributed by atoms with van der Waals surface area (Å²) in [5, 5.41) is 22.8. The van der Waals surface area contributed by atoms with E-state index in [4.69, 9.17) is 0 Å². The topological polar surface area (TPSA) is 208 Å². The fourth-order valence-electron chi connectivity index (χ4n) is 25.0.